The molecule has 0 unspecified atom stereocenters. The van der Waals surface area contributed by atoms with Gasteiger partial charge in [-0.05, 0) is 42.8 Å². The second-order valence-corrected chi connectivity index (χ2v) is 9.31. The Hall–Kier alpha value is -1.64. The van der Waals surface area contributed by atoms with Gasteiger partial charge >= 0.3 is 0 Å². The number of halogens is 2. The van der Waals surface area contributed by atoms with Crippen LogP contribution < -0.4 is 5.73 Å². The van der Waals surface area contributed by atoms with Crippen LogP contribution in [-0.4, -0.2) is 31.5 Å². The Labute approximate surface area is 148 Å². The molecule has 1 aliphatic rings. The molecule has 24 heavy (non-hydrogen) atoms. The molecular formula is C15H15ClFN3O2S2. The summed E-state index contributed by atoms with van der Waals surface area (Å²) >= 11 is 7.24. The Morgan fingerprint density at radius 1 is 1.38 bits per heavy atom. The molecule has 0 fully saturated rings. The van der Waals surface area contributed by atoms with Gasteiger partial charge in [-0.1, -0.05) is 11.6 Å². The number of rotatable bonds is 2. The van der Waals surface area contributed by atoms with Crippen LogP contribution in [0.5, 0.6) is 0 Å². The Morgan fingerprint density at radius 3 is 2.71 bits per heavy atom. The Kier molecular flexibility index (Phi) is 4.09. The number of hydrogen-bond acceptors (Lipinski definition) is 5. The van der Waals surface area contributed by atoms with E-state index in [4.69, 9.17) is 17.3 Å². The number of sulfonamides is 1. The van der Waals surface area contributed by atoms with Crippen molar-refractivity contribution in [3.63, 3.8) is 0 Å². The molecule has 1 atom stereocenters. The van der Waals surface area contributed by atoms with E-state index in [1.165, 1.54) is 30.5 Å². The zero-order chi connectivity index (χ0) is 17.7. The summed E-state index contributed by atoms with van der Waals surface area (Å²) in [6.45, 7) is 1.72. The average molecular weight is 388 g/mol. The monoisotopic (exact) mass is 387 g/mol. The predicted octanol–water partition coefficient (Wildman–Crippen LogP) is 3.01. The molecule has 0 bridgehead atoms. The highest BCUT2D eigenvalue weighted by Gasteiger charge is 2.41. The van der Waals surface area contributed by atoms with Gasteiger partial charge in [0, 0.05) is 21.8 Å². The normalized spacial score (nSPS) is 23.2. The summed E-state index contributed by atoms with van der Waals surface area (Å²) in [5.41, 5.74) is 5.41. The SMILES string of the molecule is CN1C(N)=N[C@](C)(c2ccc(-c3cc(F)cc(Cl)c3)s2)CS1(=O)=O. The zero-order valence-electron chi connectivity index (χ0n) is 13.0. The van der Waals surface area contributed by atoms with Gasteiger partial charge < -0.3 is 5.73 Å². The fourth-order valence-electron chi connectivity index (χ4n) is 2.55. The third kappa shape index (κ3) is 3.01. The van der Waals surface area contributed by atoms with E-state index < -0.39 is 21.4 Å². The summed E-state index contributed by atoms with van der Waals surface area (Å²) in [6.07, 6.45) is 0. The van der Waals surface area contributed by atoms with Crippen molar-refractivity contribution in [3.05, 3.63) is 46.0 Å². The number of aliphatic imine (C=N–C) groups is 1. The van der Waals surface area contributed by atoms with E-state index in [0.717, 1.165) is 14.1 Å². The van der Waals surface area contributed by atoms with Crippen molar-refractivity contribution in [2.45, 2.75) is 12.5 Å². The molecule has 1 aromatic heterocycles. The van der Waals surface area contributed by atoms with Crippen LogP contribution in [-0.2, 0) is 15.6 Å². The molecule has 0 saturated carbocycles. The molecule has 2 N–H and O–H groups in total. The third-order valence-electron chi connectivity index (χ3n) is 3.85. The highest BCUT2D eigenvalue weighted by molar-refractivity contribution is 7.89. The first-order chi connectivity index (χ1) is 11.1. The van der Waals surface area contributed by atoms with Crippen molar-refractivity contribution in [2.24, 2.45) is 10.7 Å². The molecule has 0 radical (unpaired) electrons. The van der Waals surface area contributed by atoms with Crippen LogP contribution in [0.15, 0.2) is 35.3 Å². The fourth-order valence-corrected chi connectivity index (χ4v) is 5.40. The van der Waals surface area contributed by atoms with Gasteiger partial charge in [0.15, 0.2) is 0 Å². The quantitative estimate of drug-likeness (QED) is 0.860. The fraction of sp³-hybridized carbons (Fsp3) is 0.267. The molecule has 0 amide bonds. The smallest absolute Gasteiger partial charge is 0.239 e. The number of nitrogens with two attached hydrogens (primary N) is 1. The molecule has 128 valence electrons. The van der Waals surface area contributed by atoms with Crippen LogP contribution in [0.3, 0.4) is 0 Å². The van der Waals surface area contributed by atoms with Crippen molar-refractivity contribution < 1.29 is 12.8 Å². The van der Waals surface area contributed by atoms with Gasteiger partial charge in [-0.2, -0.15) is 0 Å². The molecule has 2 heterocycles. The minimum absolute atomic E-state index is 0.0486. The largest absolute Gasteiger partial charge is 0.369 e. The van der Waals surface area contributed by atoms with E-state index in [-0.39, 0.29) is 11.7 Å². The highest BCUT2D eigenvalue weighted by atomic mass is 35.5. The number of nitrogens with zero attached hydrogens (tertiary/aromatic N) is 2. The van der Waals surface area contributed by atoms with E-state index in [0.29, 0.717) is 10.6 Å². The second kappa shape index (κ2) is 5.72. The Balaban J connectivity index is 2.04. The van der Waals surface area contributed by atoms with Crippen LogP contribution in [0.25, 0.3) is 10.4 Å². The summed E-state index contributed by atoms with van der Waals surface area (Å²) in [5, 5.41) is 0.301. The predicted molar refractivity (Wildman–Crippen MR) is 95.2 cm³/mol. The topological polar surface area (TPSA) is 75.8 Å². The van der Waals surface area contributed by atoms with Gasteiger partial charge in [0.25, 0.3) is 0 Å². The molecule has 3 rings (SSSR count). The summed E-state index contributed by atoms with van der Waals surface area (Å²) in [4.78, 5) is 5.86. The van der Waals surface area contributed by atoms with Gasteiger partial charge in [-0.15, -0.1) is 11.3 Å². The Bertz CT molecular complexity index is 922. The maximum absolute atomic E-state index is 13.5. The summed E-state index contributed by atoms with van der Waals surface area (Å²) in [5.74, 6) is -0.656. The van der Waals surface area contributed by atoms with Gasteiger partial charge in [-0.3, -0.25) is 0 Å². The minimum Gasteiger partial charge on any atom is -0.369 e. The van der Waals surface area contributed by atoms with Gasteiger partial charge in [-0.25, -0.2) is 22.1 Å². The summed E-state index contributed by atoms with van der Waals surface area (Å²) in [6, 6.07) is 7.86. The van der Waals surface area contributed by atoms with Crippen LogP contribution >= 0.6 is 22.9 Å². The molecule has 9 heteroatoms. The lowest BCUT2D eigenvalue weighted by molar-refractivity contribution is 0.482. The van der Waals surface area contributed by atoms with Gasteiger partial charge in [0.2, 0.25) is 16.0 Å². The number of thiophene rings is 1. The maximum atomic E-state index is 13.5. The lowest BCUT2D eigenvalue weighted by Gasteiger charge is -2.33. The molecule has 2 aromatic rings. The van der Waals surface area contributed by atoms with Gasteiger partial charge in [0.05, 0.1) is 5.75 Å². The lowest BCUT2D eigenvalue weighted by Crippen LogP contribution is -2.50. The van der Waals surface area contributed by atoms with Crippen LogP contribution in [0.4, 0.5) is 4.39 Å². The van der Waals surface area contributed by atoms with Crippen molar-refractivity contribution in [3.8, 4) is 10.4 Å². The van der Waals surface area contributed by atoms with Crippen molar-refractivity contribution in [2.75, 3.05) is 12.8 Å². The minimum atomic E-state index is -3.53. The molecule has 1 aliphatic heterocycles. The average Bonchev–Trinajstić information content (AvgIpc) is 2.94. The molecule has 1 aromatic carbocycles. The van der Waals surface area contributed by atoms with E-state index >= 15 is 0 Å². The highest BCUT2D eigenvalue weighted by Crippen LogP contribution is 2.39. The first kappa shape index (κ1) is 17.2. The van der Waals surface area contributed by atoms with Crippen LogP contribution in [0, 0.1) is 5.82 Å². The summed E-state index contributed by atoms with van der Waals surface area (Å²) in [7, 11) is -2.15. The molecular weight excluding hydrogens is 373 g/mol. The second-order valence-electron chi connectivity index (χ2n) is 5.79. The van der Waals surface area contributed by atoms with Crippen LogP contribution in [0.2, 0.25) is 5.02 Å². The molecule has 0 aliphatic carbocycles. The number of guanidine groups is 1. The standard InChI is InChI=1S/C15H15ClFN3O2S2/c1-15(8-24(21,22)20(2)14(18)19-15)13-4-3-12(23-13)9-5-10(16)7-11(17)6-9/h3-7H,8H2,1-2H3,(H2,18,19)/t15-/m0/s1. The third-order valence-corrected chi connectivity index (χ3v) is 7.40. The van der Waals surface area contributed by atoms with E-state index in [1.54, 1.807) is 25.1 Å². The van der Waals surface area contributed by atoms with E-state index in [2.05, 4.69) is 4.99 Å². The van der Waals surface area contributed by atoms with E-state index in [1.807, 2.05) is 0 Å². The molecule has 5 nitrogen and oxygen atoms in total. The first-order valence-corrected chi connectivity index (χ1v) is 9.80. The lowest BCUT2D eigenvalue weighted by atomic mass is 10.0. The number of benzene rings is 1. The maximum Gasteiger partial charge on any atom is 0.239 e. The molecule has 0 saturated heterocycles. The first-order valence-electron chi connectivity index (χ1n) is 6.99. The van der Waals surface area contributed by atoms with Crippen molar-refractivity contribution in [1.82, 2.24) is 4.31 Å². The van der Waals surface area contributed by atoms with Crippen molar-refractivity contribution in [1.29, 1.82) is 0 Å². The van der Waals surface area contributed by atoms with Gasteiger partial charge in [0.1, 0.15) is 11.4 Å². The van der Waals surface area contributed by atoms with E-state index in [9.17, 15) is 12.8 Å². The molecule has 0 spiro atoms. The summed E-state index contributed by atoms with van der Waals surface area (Å²) < 4.78 is 39.0. The Morgan fingerprint density at radius 2 is 2.08 bits per heavy atom. The zero-order valence-corrected chi connectivity index (χ0v) is 15.3. The van der Waals surface area contributed by atoms with Crippen molar-refractivity contribution >= 4 is 38.9 Å². The number of hydrogen-bond donors (Lipinski definition) is 1. The van der Waals surface area contributed by atoms with Crippen LogP contribution in [0.1, 0.15) is 11.8 Å².